The van der Waals surface area contributed by atoms with Crippen molar-refractivity contribution in [3.05, 3.63) is 212 Å². The zero-order valence-electron chi connectivity index (χ0n) is 85.7. The molecule has 12 aliphatic rings. The number of amides is 7. The molecule has 0 radical (unpaired) electrons. The maximum absolute atomic E-state index is 13.6. The highest BCUT2D eigenvalue weighted by atomic mass is 19.4. The second-order valence-electron chi connectivity index (χ2n) is 42.9. The molecule has 6 aromatic rings. The summed E-state index contributed by atoms with van der Waals surface area (Å²) in [6.07, 6.45) is -26.7. The second kappa shape index (κ2) is 42.4. The number of alkyl halides is 21. The van der Waals surface area contributed by atoms with Gasteiger partial charge in [-0.2, -0.15) is 79.0 Å². The smallest absolute Gasteiger partial charge is 0.390 e. The van der Waals surface area contributed by atoms with Crippen molar-refractivity contribution < 1.29 is 131 Å². The van der Waals surface area contributed by atoms with Crippen LogP contribution in [0.25, 0.3) is 4.85 Å². The normalized spacial score (nSPS) is 20.4. The molecule has 0 spiro atoms. The van der Waals surface area contributed by atoms with Gasteiger partial charge in [0.1, 0.15) is 5.67 Å². The van der Waals surface area contributed by atoms with Crippen LogP contribution in [0, 0.1) is 6.57 Å². The summed E-state index contributed by atoms with van der Waals surface area (Å²) < 4.78 is 284. The molecule has 0 aromatic heterocycles. The number of carbonyl (C=O) groups excluding carboxylic acids is 7. The third-order valence-corrected chi connectivity index (χ3v) is 29.4. The standard InChI is InChI=1S/C18H21F5N2O.C18H20F3N3O.C18H24F3N3O.C17H20F4N2O.C17H21F3N2O2.C17H19F3N2O2/c1-10(2)25-8-14-13(16(25)26)6-12(7-15(14)18(21,22)23)11(3)24-5-4-17(19,20)9-24;1-11(2)24-8-14-13(16(24)25)5-12(6-15(14)18(19,20)21)7-23-9-17(3,10-23)22-4;1-11(2)24-10-15-14(17(24)25)7-13(8-16(15)18(19,20)21)23-6-5-22(4)9-12(23)3;1-10(2)23-7-13-12(15(23)24)4-11(5-14(13)17(19,20)21)6-22-8-16(3,18)9-22;1-9(2)22-8-14-13(16(22)24)4-11(5-15(14)17(18,19)20)10(3)21-6-12(23)7-21;1-10(2)22-9-13-12(16(22)24)6-11(7-14(13)17(18,19)20)8-21-5-3-4-15(21)23/h6-7,10-11H,4-5,8-9H2,1-3H3;5-6,11H,7-10H2,1-3H3;7-8,11-12H,5-6,9-10H2,1-4H3;4-5,10H,6-9H2,1-3H3;4-5,9-10,12,23H,6-8H2,1-3H3;6-7,10H,3-5,8-9H2,1-2H3. The summed E-state index contributed by atoms with van der Waals surface area (Å²) in [6, 6.07) is 14.2. The van der Waals surface area contributed by atoms with Gasteiger partial charge in [0.05, 0.1) is 59.1 Å². The van der Waals surface area contributed by atoms with Crippen LogP contribution in [0.3, 0.4) is 0 Å². The minimum Gasteiger partial charge on any atom is -0.390 e. The van der Waals surface area contributed by atoms with Crippen molar-refractivity contribution in [3.63, 3.8) is 0 Å². The van der Waals surface area contributed by atoms with Gasteiger partial charge in [0.25, 0.3) is 46.9 Å². The van der Waals surface area contributed by atoms with E-state index in [1.54, 1.807) is 111 Å². The molecule has 0 bridgehead atoms. The lowest BCUT2D eigenvalue weighted by molar-refractivity contribution is -0.139. The molecule has 3 atom stereocenters. The van der Waals surface area contributed by atoms with Gasteiger partial charge in [-0.25, -0.2) is 19.7 Å². The highest BCUT2D eigenvalue weighted by Gasteiger charge is 2.52. The fraction of sp³-hybridized carbons (Fsp3) is 0.581. The van der Waals surface area contributed by atoms with Gasteiger partial charge in [-0.1, -0.05) is 0 Å². The van der Waals surface area contributed by atoms with Crippen molar-refractivity contribution in [1.29, 1.82) is 0 Å². The average Bonchev–Trinajstić information content (AvgIpc) is 1.61. The monoisotopic (exact) mass is 2110 g/mol. The Hall–Kier alpha value is -10.8. The van der Waals surface area contributed by atoms with E-state index < -0.39 is 112 Å². The van der Waals surface area contributed by atoms with E-state index in [-0.39, 0.29) is 235 Å². The van der Waals surface area contributed by atoms with Crippen LogP contribution in [-0.4, -0.2) is 256 Å². The zero-order chi connectivity index (χ0) is 110. The number of aliphatic hydroxyl groups excluding tert-OH is 1. The lowest BCUT2D eigenvalue weighted by Gasteiger charge is -2.42. The van der Waals surface area contributed by atoms with Gasteiger partial charge in [-0.05, 0) is 258 Å². The van der Waals surface area contributed by atoms with E-state index in [1.165, 1.54) is 65.5 Å². The number of likely N-dealkylation sites (tertiary alicyclic amines) is 5. The quantitative estimate of drug-likeness (QED) is 0.0671. The number of β-amino-alcohol motifs (C(OH)–C–C–N with tert-alkyl or cyclic N) is 1. The van der Waals surface area contributed by atoms with Gasteiger partial charge in [0.15, 0.2) is 0 Å². The van der Waals surface area contributed by atoms with Crippen molar-refractivity contribution in [3.8, 4) is 0 Å². The van der Waals surface area contributed by atoms with E-state index in [0.717, 1.165) is 49.8 Å². The number of fused-ring (bicyclic) bond motifs is 6. The van der Waals surface area contributed by atoms with Crippen molar-refractivity contribution in [2.45, 2.75) is 311 Å². The van der Waals surface area contributed by atoms with Gasteiger partial charge in [-0.15, -0.1) is 0 Å². The number of anilines is 1. The van der Waals surface area contributed by atoms with Gasteiger partial charge < -0.3 is 54.1 Å². The first-order valence-corrected chi connectivity index (χ1v) is 49.4. The molecular weight excluding hydrogens is 1980 g/mol. The predicted octanol–water partition coefficient (Wildman–Crippen LogP) is 20.9. The molecule has 18 rings (SSSR count). The Kier molecular flexibility index (Phi) is 32.8. The van der Waals surface area contributed by atoms with E-state index in [2.05, 4.69) is 9.74 Å². The zero-order valence-corrected chi connectivity index (χ0v) is 85.7. The van der Waals surface area contributed by atoms with Gasteiger partial charge in [0.2, 0.25) is 5.91 Å². The minimum absolute atomic E-state index is 0.000461. The molecule has 0 aliphatic carbocycles. The van der Waals surface area contributed by atoms with Crippen LogP contribution < -0.4 is 4.90 Å². The third-order valence-electron chi connectivity index (χ3n) is 29.4. The first-order valence-electron chi connectivity index (χ1n) is 49.4. The summed E-state index contributed by atoms with van der Waals surface area (Å²) in [4.78, 5) is 112. The van der Waals surface area contributed by atoms with Crippen LogP contribution in [0.5, 0.6) is 0 Å². The number of hydrogen-bond donors (Lipinski definition) is 1. The Bertz CT molecular complexity index is 6080. The average molecular weight is 2110 g/mol. The van der Waals surface area contributed by atoms with E-state index in [0.29, 0.717) is 80.2 Å². The number of rotatable bonds is 17. The molecule has 6 aromatic carbocycles. The number of benzene rings is 6. The van der Waals surface area contributed by atoms with E-state index in [1.807, 2.05) is 49.4 Å². The third kappa shape index (κ3) is 24.7. The Morgan fingerprint density at radius 1 is 0.378 bits per heavy atom. The summed E-state index contributed by atoms with van der Waals surface area (Å²) in [5, 5.41) is 9.41. The molecule has 43 heteroatoms. The lowest BCUT2D eigenvalue weighted by atomic mass is 9.92. The van der Waals surface area contributed by atoms with Gasteiger partial charge in [-0.3, -0.25) is 53.2 Å². The molecule has 6 fully saturated rings. The Morgan fingerprint density at radius 3 is 0.966 bits per heavy atom. The number of hydrogen-bond acceptors (Lipinski definition) is 14. The van der Waals surface area contributed by atoms with E-state index in [9.17, 15) is 131 Å². The molecular formula is C105H125F21N14O8. The van der Waals surface area contributed by atoms with Crippen LogP contribution in [0.2, 0.25) is 0 Å². The SMILES string of the molecule is CC(C)N1Cc2c(cc(CN3CC(C)(F)C3)cc2C(F)(F)F)C1=O.CC(C)N1Cc2c(cc(CN3CCCC3=O)cc2C(F)(F)F)C1=O.CC(C)N1Cc2c(cc(N3CCN(C)CC3C)cc2C(F)(F)F)C1=O.CC(c1cc2c(c(C(F)(F)F)c1)CN(C(C)C)C2=O)N1CC(O)C1.CC(c1cc2c(c(C(F)(F)F)c1)CN(C(C)C)C2=O)N1CCC(F)(F)C1.[C-]#[N+]C1(C)CN(Cc2cc3c(c(C(F)(F)F)c2)CN(C(C)C)C3=O)C1. The second-order valence-corrected chi connectivity index (χ2v) is 42.9. The van der Waals surface area contributed by atoms with Crippen LogP contribution >= 0.6 is 0 Å². The fourth-order valence-corrected chi connectivity index (χ4v) is 21.3. The number of aliphatic hydroxyl groups is 1. The van der Waals surface area contributed by atoms with Crippen molar-refractivity contribution >= 4 is 47.0 Å². The summed E-state index contributed by atoms with van der Waals surface area (Å²) in [5.41, 5.74) is -2.71. The molecule has 810 valence electrons. The van der Waals surface area contributed by atoms with E-state index >= 15 is 0 Å². The predicted molar refractivity (Wildman–Crippen MR) is 508 cm³/mol. The molecule has 12 heterocycles. The minimum atomic E-state index is -4.61. The van der Waals surface area contributed by atoms with Crippen molar-refractivity contribution in [2.24, 2.45) is 0 Å². The van der Waals surface area contributed by atoms with Gasteiger partial charge >= 0.3 is 37.1 Å². The molecule has 7 amide bonds. The number of carbonyl (C=O) groups is 7. The topological polar surface area (TPSA) is 186 Å². The summed E-state index contributed by atoms with van der Waals surface area (Å²) in [5.74, 6) is -5.07. The maximum atomic E-state index is 13.6. The number of nitrogens with zero attached hydrogens (tertiary/aromatic N) is 14. The van der Waals surface area contributed by atoms with Crippen molar-refractivity contribution in [1.82, 2.24) is 58.8 Å². The van der Waals surface area contributed by atoms with Gasteiger partial charge in [0, 0.05) is 231 Å². The molecule has 6 saturated heterocycles. The summed E-state index contributed by atoms with van der Waals surface area (Å²) >= 11 is 0. The number of piperazine rings is 1. The molecule has 12 aliphatic heterocycles. The van der Waals surface area contributed by atoms with Crippen molar-refractivity contribution in [2.75, 3.05) is 90.5 Å². The summed E-state index contributed by atoms with van der Waals surface area (Å²) in [6.45, 7) is 42.5. The fourth-order valence-electron chi connectivity index (χ4n) is 21.3. The molecule has 22 nitrogen and oxygen atoms in total. The number of halogens is 21. The van der Waals surface area contributed by atoms with Crippen LogP contribution in [-0.2, 0) is 101 Å². The van der Waals surface area contributed by atoms with Crippen LogP contribution in [0.1, 0.15) is 306 Å². The largest absolute Gasteiger partial charge is 0.416 e. The molecule has 3 unspecified atom stereocenters. The maximum Gasteiger partial charge on any atom is 0.416 e. The number of likely N-dealkylation sites (N-methyl/N-ethyl adjacent to an activating group) is 1. The highest BCUT2D eigenvalue weighted by molar-refractivity contribution is 6.03. The lowest BCUT2D eigenvalue weighted by Crippen LogP contribution is -2.57. The first-order chi connectivity index (χ1) is 68.3. The first kappa shape index (κ1) is 114. The Morgan fingerprint density at radius 2 is 0.682 bits per heavy atom. The molecule has 1 N–H and O–H groups in total. The molecule has 148 heavy (non-hydrogen) atoms. The Balaban J connectivity index is 0.000000148. The van der Waals surface area contributed by atoms with Crippen LogP contribution in [0.4, 0.5) is 97.9 Å². The molecule has 0 saturated carbocycles. The highest BCUT2D eigenvalue weighted by Crippen LogP contribution is 2.50. The van der Waals surface area contributed by atoms with Crippen LogP contribution in [0.15, 0.2) is 72.8 Å². The Labute approximate surface area is 846 Å². The van der Waals surface area contributed by atoms with E-state index in [4.69, 9.17) is 6.57 Å². The summed E-state index contributed by atoms with van der Waals surface area (Å²) in [7, 11) is 2.00.